The fourth-order valence-electron chi connectivity index (χ4n) is 5.21. The number of nitrogens with zero attached hydrogens (tertiary/aromatic N) is 2. The van der Waals surface area contributed by atoms with Crippen LogP contribution in [0.3, 0.4) is 0 Å². The van der Waals surface area contributed by atoms with Crippen molar-refractivity contribution >= 4 is 34.7 Å². The van der Waals surface area contributed by atoms with Crippen LogP contribution in [-0.4, -0.2) is 62.2 Å². The van der Waals surface area contributed by atoms with Crippen LogP contribution >= 0.6 is 11.6 Å². The maximum atomic E-state index is 12.9. The molecule has 4 heterocycles. The molecule has 35 heavy (non-hydrogen) atoms. The number of benzene rings is 1. The molecule has 1 unspecified atom stereocenters. The second-order valence-corrected chi connectivity index (χ2v) is 9.66. The van der Waals surface area contributed by atoms with Crippen LogP contribution in [0.4, 0.5) is 17.2 Å². The number of halogens is 1. The lowest BCUT2D eigenvalue weighted by molar-refractivity contribution is -0.135. The number of nitrogens with one attached hydrogen (secondary N) is 3. The number of hydrogen-bond acceptors (Lipinski definition) is 7. The van der Waals surface area contributed by atoms with E-state index in [4.69, 9.17) is 21.1 Å². The number of methoxy groups -OCH3 is 2. The van der Waals surface area contributed by atoms with Gasteiger partial charge in [-0.2, -0.15) is 0 Å². The molecule has 3 aliphatic rings. The van der Waals surface area contributed by atoms with Crippen molar-refractivity contribution in [1.82, 2.24) is 15.2 Å². The van der Waals surface area contributed by atoms with Gasteiger partial charge >= 0.3 is 0 Å². The first-order valence-corrected chi connectivity index (χ1v) is 12.6. The van der Waals surface area contributed by atoms with Crippen LogP contribution in [0.1, 0.15) is 24.8 Å². The normalized spacial score (nSPS) is 21.6. The molecule has 1 saturated heterocycles. The Morgan fingerprint density at radius 3 is 2.80 bits per heavy atom. The zero-order valence-corrected chi connectivity index (χ0v) is 21.0. The summed E-state index contributed by atoms with van der Waals surface area (Å²) >= 11 is 6.27. The Labute approximate surface area is 211 Å². The lowest BCUT2D eigenvalue weighted by atomic mass is 9.94. The molecule has 5 rings (SSSR count). The van der Waals surface area contributed by atoms with Crippen molar-refractivity contribution in [3.8, 4) is 11.5 Å². The summed E-state index contributed by atoms with van der Waals surface area (Å²) in [5.74, 6) is 2.50. The topological polar surface area (TPSA) is 87.8 Å². The van der Waals surface area contributed by atoms with Crippen molar-refractivity contribution in [2.45, 2.75) is 31.7 Å². The van der Waals surface area contributed by atoms with Crippen LogP contribution in [0.25, 0.3) is 0 Å². The predicted molar refractivity (Wildman–Crippen MR) is 138 cm³/mol. The Bertz CT molecular complexity index is 1130. The number of piperidine rings is 1. The van der Waals surface area contributed by atoms with E-state index in [1.165, 1.54) is 5.57 Å². The quantitative estimate of drug-likeness (QED) is 0.520. The minimum Gasteiger partial charge on any atom is -0.495 e. The number of carbonyl (C=O) groups is 1. The standard InChI is InChI=1S/C26H32ClN5O3/c1-34-23-14-22(24(35-2)13-19(23)27)30-20-5-9-29-25-18(20)12-21(31-25)16-6-10-32(11-7-16)26(33)17-4-3-8-28-15-17/h5-6,9,13-14,17,21,28H,3-4,7-8,10-12,15H2,1-2H3,(H2,29,30,31)/t17-,21?/m1/s1. The first-order valence-electron chi connectivity index (χ1n) is 12.2. The molecule has 0 spiro atoms. The second-order valence-electron chi connectivity index (χ2n) is 9.26. The number of fused-ring (bicyclic) bond motifs is 1. The summed E-state index contributed by atoms with van der Waals surface area (Å²) in [6, 6.07) is 5.73. The molecule has 8 nitrogen and oxygen atoms in total. The summed E-state index contributed by atoms with van der Waals surface area (Å²) in [6.07, 6.45) is 7.79. The van der Waals surface area contributed by atoms with Gasteiger partial charge in [0, 0.05) is 55.6 Å². The van der Waals surface area contributed by atoms with Crippen molar-refractivity contribution in [1.29, 1.82) is 0 Å². The van der Waals surface area contributed by atoms with Crippen LogP contribution in [0.2, 0.25) is 5.02 Å². The molecule has 1 aromatic carbocycles. The highest BCUT2D eigenvalue weighted by Gasteiger charge is 2.31. The Morgan fingerprint density at radius 2 is 2.09 bits per heavy atom. The van der Waals surface area contributed by atoms with Gasteiger partial charge in [-0.15, -0.1) is 0 Å². The number of rotatable bonds is 6. The van der Waals surface area contributed by atoms with E-state index in [1.54, 1.807) is 26.5 Å². The summed E-state index contributed by atoms with van der Waals surface area (Å²) in [5, 5.41) is 10.9. The SMILES string of the molecule is COc1cc(Nc2ccnc3c2CC(C2=CCN(C(=O)[C@@H]4CCCNC4)CC2)N3)c(OC)cc1Cl. The smallest absolute Gasteiger partial charge is 0.227 e. The van der Waals surface area contributed by atoms with E-state index in [-0.39, 0.29) is 17.9 Å². The number of amides is 1. The molecular weight excluding hydrogens is 466 g/mol. The first-order chi connectivity index (χ1) is 17.1. The molecule has 0 saturated carbocycles. The average Bonchev–Trinajstić information content (AvgIpc) is 3.35. The third-order valence-electron chi connectivity index (χ3n) is 7.17. The number of anilines is 3. The molecule has 1 amide bonds. The Balaban J connectivity index is 1.29. The van der Waals surface area contributed by atoms with Gasteiger partial charge < -0.3 is 30.3 Å². The van der Waals surface area contributed by atoms with Gasteiger partial charge in [-0.05, 0) is 37.4 Å². The van der Waals surface area contributed by atoms with Gasteiger partial charge in [-0.1, -0.05) is 17.7 Å². The summed E-state index contributed by atoms with van der Waals surface area (Å²) < 4.78 is 10.9. The van der Waals surface area contributed by atoms with Crippen molar-refractivity contribution in [3.05, 3.63) is 46.6 Å². The van der Waals surface area contributed by atoms with E-state index in [0.717, 1.165) is 68.1 Å². The van der Waals surface area contributed by atoms with Crippen molar-refractivity contribution in [2.75, 3.05) is 51.0 Å². The molecule has 1 aromatic heterocycles. The molecule has 2 aromatic rings. The van der Waals surface area contributed by atoms with E-state index in [1.807, 2.05) is 17.0 Å². The fourth-order valence-corrected chi connectivity index (χ4v) is 5.44. The first kappa shape index (κ1) is 23.8. The van der Waals surface area contributed by atoms with E-state index >= 15 is 0 Å². The molecule has 186 valence electrons. The second kappa shape index (κ2) is 10.3. The Morgan fingerprint density at radius 1 is 1.23 bits per heavy atom. The number of ether oxygens (including phenoxy) is 2. The van der Waals surface area contributed by atoms with Crippen LogP contribution in [-0.2, 0) is 11.2 Å². The average molecular weight is 498 g/mol. The van der Waals surface area contributed by atoms with E-state index in [2.05, 4.69) is 27.0 Å². The number of aromatic nitrogens is 1. The summed E-state index contributed by atoms with van der Waals surface area (Å²) in [7, 11) is 3.21. The lowest BCUT2D eigenvalue weighted by Gasteiger charge is -2.33. The Hall–Kier alpha value is -2.97. The highest BCUT2D eigenvalue weighted by atomic mass is 35.5. The zero-order valence-electron chi connectivity index (χ0n) is 20.2. The largest absolute Gasteiger partial charge is 0.495 e. The van der Waals surface area contributed by atoms with Gasteiger partial charge in [0.2, 0.25) is 5.91 Å². The molecule has 0 aliphatic carbocycles. The van der Waals surface area contributed by atoms with E-state index < -0.39 is 0 Å². The highest BCUT2D eigenvalue weighted by molar-refractivity contribution is 6.32. The summed E-state index contributed by atoms with van der Waals surface area (Å²) in [4.78, 5) is 19.5. The number of pyridine rings is 1. The molecule has 1 fully saturated rings. The molecule has 0 radical (unpaired) electrons. The third kappa shape index (κ3) is 4.90. The van der Waals surface area contributed by atoms with Crippen LogP contribution in [0.15, 0.2) is 36.0 Å². The van der Waals surface area contributed by atoms with Gasteiger partial charge in [0.25, 0.3) is 0 Å². The van der Waals surface area contributed by atoms with Crippen LogP contribution < -0.4 is 25.4 Å². The van der Waals surface area contributed by atoms with Crippen LogP contribution in [0, 0.1) is 5.92 Å². The molecular formula is C26H32ClN5O3. The number of carbonyl (C=O) groups excluding carboxylic acids is 1. The lowest BCUT2D eigenvalue weighted by Crippen LogP contribution is -2.45. The highest BCUT2D eigenvalue weighted by Crippen LogP contribution is 2.40. The van der Waals surface area contributed by atoms with Gasteiger partial charge in [0.1, 0.15) is 17.3 Å². The third-order valence-corrected chi connectivity index (χ3v) is 7.46. The van der Waals surface area contributed by atoms with Gasteiger partial charge in [0.05, 0.1) is 36.9 Å². The minimum atomic E-state index is 0.119. The van der Waals surface area contributed by atoms with Crippen molar-refractivity contribution < 1.29 is 14.3 Å². The van der Waals surface area contributed by atoms with Crippen LogP contribution in [0.5, 0.6) is 11.5 Å². The molecule has 3 aliphatic heterocycles. The van der Waals surface area contributed by atoms with Gasteiger partial charge in [0.15, 0.2) is 0 Å². The Kier molecular flexibility index (Phi) is 7.02. The van der Waals surface area contributed by atoms with Crippen molar-refractivity contribution in [2.24, 2.45) is 5.92 Å². The molecule has 3 N–H and O–H groups in total. The minimum absolute atomic E-state index is 0.119. The van der Waals surface area contributed by atoms with Gasteiger partial charge in [-0.3, -0.25) is 4.79 Å². The maximum Gasteiger partial charge on any atom is 0.227 e. The monoisotopic (exact) mass is 497 g/mol. The maximum absolute atomic E-state index is 12.9. The predicted octanol–water partition coefficient (Wildman–Crippen LogP) is 3.99. The molecule has 0 bridgehead atoms. The summed E-state index contributed by atoms with van der Waals surface area (Å²) in [5.41, 5.74) is 4.20. The van der Waals surface area contributed by atoms with E-state index in [9.17, 15) is 4.79 Å². The summed E-state index contributed by atoms with van der Waals surface area (Å²) in [6.45, 7) is 3.28. The van der Waals surface area contributed by atoms with Gasteiger partial charge in [-0.25, -0.2) is 4.98 Å². The van der Waals surface area contributed by atoms with E-state index in [0.29, 0.717) is 23.1 Å². The fraction of sp³-hybridized carbons (Fsp3) is 0.462. The molecule has 2 atom stereocenters. The molecule has 9 heteroatoms. The zero-order chi connectivity index (χ0) is 24.4. The van der Waals surface area contributed by atoms with Crippen molar-refractivity contribution in [3.63, 3.8) is 0 Å². The number of hydrogen-bond donors (Lipinski definition) is 3.